The van der Waals surface area contributed by atoms with Crippen molar-refractivity contribution >= 4 is 21.9 Å². The zero-order valence-electron chi connectivity index (χ0n) is 5.69. The molecule has 0 N–H and O–H groups in total. The highest BCUT2D eigenvalue weighted by Crippen LogP contribution is 2.01. The summed E-state index contributed by atoms with van der Waals surface area (Å²) in [4.78, 5) is 10.3. The molecule has 0 heterocycles. The quantitative estimate of drug-likeness (QED) is 0.506. The van der Waals surface area contributed by atoms with E-state index in [1.165, 1.54) is 6.92 Å². The fourth-order valence-electron chi connectivity index (χ4n) is 0.459. The summed E-state index contributed by atoms with van der Waals surface area (Å²) < 4.78 is 4.86. The Bertz CT molecular complexity index is 89.1. The Hall–Kier alpha value is -0.0500. The molecule has 0 aliphatic carbocycles. The van der Waals surface area contributed by atoms with Gasteiger partial charge in [0.25, 0.3) is 0 Å². The highest BCUT2D eigenvalue weighted by Gasteiger charge is 2.05. The van der Waals surface area contributed by atoms with E-state index in [4.69, 9.17) is 4.74 Å². The van der Waals surface area contributed by atoms with Crippen LogP contribution in [0.4, 0.5) is 0 Å². The lowest BCUT2D eigenvalue weighted by Gasteiger charge is -2.10. The van der Waals surface area contributed by atoms with E-state index in [0.717, 1.165) is 11.8 Å². The second kappa shape index (κ2) is 4.79. The summed E-state index contributed by atoms with van der Waals surface area (Å²) in [6, 6.07) is 0. The highest BCUT2D eigenvalue weighted by molar-refractivity contribution is 9.09. The Labute approximate surface area is 63.7 Å². The Morgan fingerprint density at radius 1 is 1.78 bits per heavy atom. The maximum atomic E-state index is 10.3. The van der Waals surface area contributed by atoms with E-state index in [1.807, 2.05) is 6.92 Å². The normalized spacial score (nSPS) is 12.8. The Morgan fingerprint density at radius 2 is 2.33 bits per heavy atom. The molecule has 0 fully saturated rings. The van der Waals surface area contributed by atoms with Crippen LogP contribution in [0, 0.1) is 0 Å². The summed E-state index contributed by atoms with van der Waals surface area (Å²) in [6.07, 6.45) is 0.910. The van der Waals surface area contributed by atoms with Gasteiger partial charge in [0.05, 0.1) is 0 Å². The largest absolute Gasteiger partial charge is 0.462 e. The number of esters is 1. The van der Waals surface area contributed by atoms with E-state index in [1.54, 1.807) is 0 Å². The van der Waals surface area contributed by atoms with Crippen molar-refractivity contribution in [3.8, 4) is 0 Å². The first-order valence-electron chi connectivity index (χ1n) is 2.93. The van der Waals surface area contributed by atoms with E-state index in [9.17, 15) is 4.79 Å². The van der Waals surface area contributed by atoms with Crippen molar-refractivity contribution in [2.24, 2.45) is 0 Å². The lowest BCUT2D eigenvalue weighted by Crippen LogP contribution is -2.16. The molecule has 0 bridgehead atoms. The van der Waals surface area contributed by atoms with Gasteiger partial charge in [-0.15, -0.1) is 0 Å². The van der Waals surface area contributed by atoms with E-state index in [2.05, 4.69) is 15.9 Å². The second-order valence-corrected chi connectivity index (χ2v) is 2.44. The van der Waals surface area contributed by atoms with Crippen molar-refractivity contribution in [2.75, 3.05) is 5.33 Å². The molecule has 0 saturated heterocycles. The SMILES string of the molecule is CCC(CBr)OC(C)=O. The van der Waals surface area contributed by atoms with Gasteiger partial charge in [0.15, 0.2) is 0 Å². The maximum absolute atomic E-state index is 10.3. The van der Waals surface area contributed by atoms with Crippen molar-refractivity contribution in [3.63, 3.8) is 0 Å². The number of carbonyl (C=O) groups excluding carboxylic acids is 1. The zero-order valence-corrected chi connectivity index (χ0v) is 7.27. The van der Waals surface area contributed by atoms with Crippen molar-refractivity contribution in [1.82, 2.24) is 0 Å². The Balaban J connectivity index is 3.43. The summed E-state index contributed by atoms with van der Waals surface area (Å²) in [5.74, 6) is -0.207. The molecule has 0 saturated carbocycles. The molecule has 1 atom stereocenters. The monoisotopic (exact) mass is 194 g/mol. The third kappa shape index (κ3) is 4.45. The van der Waals surface area contributed by atoms with Crippen LogP contribution in [0.1, 0.15) is 20.3 Å². The van der Waals surface area contributed by atoms with E-state index in [0.29, 0.717) is 0 Å². The van der Waals surface area contributed by atoms with Gasteiger partial charge < -0.3 is 4.74 Å². The van der Waals surface area contributed by atoms with Crippen LogP contribution in [0.3, 0.4) is 0 Å². The smallest absolute Gasteiger partial charge is 0.302 e. The molecule has 0 amide bonds. The number of rotatable bonds is 3. The molecule has 1 unspecified atom stereocenters. The van der Waals surface area contributed by atoms with Gasteiger partial charge in [-0.3, -0.25) is 4.79 Å². The van der Waals surface area contributed by atoms with Crippen LogP contribution in [0.25, 0.3) is 0 Å². The number of alkyl halides is 1. The molecular formula is C6H11BrO2. The van der Waals surface area contributed by atoms with E-state index >= 15 is 0 Å². The minimum Gasteiger partial charge on any atom is -0.462 e. The summed E-state index contributed by atoms with van der Waals surface area (Å²) in [6.45, 7) is 3.40. The fraction of sp³-hybridized carbons (Fsp3) is 0.833. The molecule has 0 aromatic carbocycles. The maximum Gasteiger partial charge on any atom is 0.302 e. The molecule has 0 aliphatic heterocycles. The molecule has 0 aromatic rings. The van der Waals surface area contributed by atoms with E-state index in [-0.39, 0.29) is 12.1 Å². The molecule has 0 aromatic heterocycles. The summed E-state index contributed by atoms with van der Waals surface area (Å²) in [5, 5.41) is 0.725. The van der Waals surface area contributed by atoms with Crippen LogP contribution < -0.4 is 0 Å². The third-order valence-electron chi connectivity index (χ3n) is 0.960. The predicted octanol–water partition coefficient (Wildman–Crippen LogP) is 1.72. The van der Waals surface area contributed by atoms with Crippen molar-refractivity contribution < 1.29 is 9.53 Å². The average molecular weight is 195 g/mol. The van der Waals surface area contributed by atoms with Gasteiger partial charge in [-0.25, -0.2) is 0 Å². The van der Waals surface area contributed by atoms with Gasteiger partial charge in [0, 0.05) is 12.3 Å². The minimum atomic E-state index is -0.207. The fourth-order valence-corrected chi connectivity index (χ4v) is 1.05. The van der Waals surface area contributed by atoms with Gasteiger partial charge in [0.2, 0.25) is 0 Å². The molecule has 2 nitrogen and oxygen atoms in total. The number of halogens is 1. The van der Waals surface area contributed by atoms with Gasteiger partial charge in [0.1, 0.15) is 6.10 Å². The molecular weight excluding hydrogens is 184 g/mol. The van der Waals surface area contributed by atoms with Gasteiger partial charge in [-0.1, -0.05) is 22.9 Å². The number of hydrogen-bond acceptors (Lipinski definition) is 2. The standard InChI is InChI=1S/C6H11BrO2/c1-3-6(4-7)9-5(2)8/h6H,3-4H2,1-2H3. The molecule has 0 rings (SSSR count). The molecule has 0 aliphatic rings. The van der Waals surface area contributed by atoms with Crippen molar-refractivity contribution in [3.05, 3.63) is 0 Å². The number of ether oxygens (including phenoxy) is 1. The average Bonchev–Trinajstić information content (AvgIpc) is 1.82. The minimum absolute atomic E-state index is 0.0440. The second-order valence-electron chi connectivity index (χ2n) is 1.79. The molecule has 0 radical (unpaired) electrons. The topological polar surface area (TPSA) is 26.3 Å². The summed E-state index contributed by atoms with van der Waals surface area (Å²) >= 11 is 3.23. The predicted molar refractivity (Wildman–Crippen MR) is 39.6 cm³/mol. The molecule has 9 heavy (non-hydrogen) atoms. The van der Waals surface area contributed by atoms with Crippen LogP contribution >= 0.6 is 15.9 Å². The van der Waals surface area contributed by atoms with Crippen LogP contribution in [0.15, 0.2) is 0 Å². The third-order valence-corrected chi connectivity index (χ3v) is 1.68. The zero-order chi connectivity index (χ0) is 7.28. The Morgan fingerprint density at radius 3 is 2.44 bits per heavy atom. The first kappa shape index (κ1) is 8.95. The Kier molecular flexibility index (Phi) is 4.77. The van der Waals surface area contributed by atoms with Gasteiger partial charge in [-0.05, 0) is 6.42 Å². The van der Waals surface area contributed by atoms with Gasteiger partial charge >= 0.3 is 5.97 Å². The first-order chi connectivity index (χ1) is 4.20. The first-order valence-corrected chi connectivity index (χ1v) is 4.06. The highest BCUT2D eigenvalue weighted by atomic mass is 79.9. The van der Waals surface area contributed by atoms with Crippen molar-refractivity contribution in [2.45, 2.75) is 26.4 Å². The van der Waals surface area contributed by atoms with Crippen LogP contribution in [-0.4, -0.2) is 17.4 Å². The summed E-state index contributed by atoms with van der Waals surface area (Å²) in [5.41, 5.74) is 0. The molecule has 54 valence electrons. The van der Waals surface area contributed by atoms with E-state index < -0.39 is 0 Å². The van der Waals surface area contributed by atoms with Gasteiger partial charge in [-0.2, -0.15) is 0 Å². The molecule has 3 heteroatoms. The van der Waals surface area contributed by atoms with Crippen LogP contribution in [0.5, 0.6) is 0 Å². The number of carbonyl (C=O) groups is 1. The number of hydrogen-bond donors (Lipinski definition) is 0. The lowest BCUT2D eigenvalue weighted by atomic mass is 10.3. The summed E-state index contributed by atoms with van der Waals surface area (Å²) in [7, 11) is 0. The van der Waals surface area contributed by atoms with Crippen molar-refractivity contribution in [1.29, 1.82) is 0 Å². The lowest BCUT2D eigenvalue weighted by molar-refractivity contribution is -0.145. The van der Waals surface area contributed by atoms with Crippen LogP contribution in [0.2, 0.25) is 0 Å². The van der Waals surface area contributed by atoms with Crippen LogP contribution in [-0.2, 0) is 9.53 Å². The molecule has 0 spiro atoms.